The molecule has 2 N–H and O–H groups in total. The number of benzene rings is 1. The molecule has 1 atom stereocenters. The second-order valence-electron chi connectivity index (χ2n) is 3.80. The largest absolute Gasteiger partial charge is 0.495 e. The molecule has 2 amide bonds. The standard InChI is InChI=1S/C12H17ClN2O3/c1-8(7-17-2)14-12(16)15-10-6-9(13)4-5-11(10)18-3/h4-6,8H,7H2,1-3H3,(H2,14,15,16)/t8-/m0/s1. The first kappa shape index (κ1) is 14.6. The summed E-state index contributed by atoms with van der Waals surface area (Å²) < 4.78 is 10.1. The SMILES string of the molecule is COC[C@H](C)NC(=O)Nc1cc(Cl)ccc1OC. The predicted octanol–water partition coefficient (Wildman–Crippen LogP) is 2.51. The molecule has 0 aliphatic heterocycles. The molecular formula is C12H17ClN2O3. The summed E-state index contributed by atoms with van der Waals surface area (Å²) in [4.78, 5) is 11.7. The summed E-state index contributed by atoms with van der Waals surface area (Å²) in [5, 5.41) is 5.93. The molecule has 0 saturated heterocycles. The van der Waals surface area contributed by atoms with Gasteiger partial charge in [-0.2, -0.15) is 0 Å². The molecule has 0 saturated carbocycles. The summed E-state index contributed by atoms with van der Waals surface area (Å²) in [7, 11) is 3.11. The van der Waals surface area contributed by atoms with Crippen LogP contribution in [0.5, 0.6) is 5.75 Å². The lowest BCUT2D eigenvalue weighted by Gasteiger charge is -2.15. The predicted molar refractivity (Wildman–Crippen MR) is 71.5 cm³/mol. The van der Waals surface area contributed by atoms with Gasteiger partial charge in [0.15, 0.2) is 0 Å². The number of hydrogen-bond acceptors (Lipinski definition) is 3. The number of hydrogen-bond donors (Lipinski definition) is 2. The zero-order valence-corrected chi connectivity index (χ0v) is 11.4. The first-order chi connectivity index (χ1) is 8.56. The molecule has 0 heterocycles. The number of carbonyl (C=O) groups excluding carboxylic acids is 1. The molecule has 6 heteroatoms. The summed E-state index contributed by atoms with van der Waals surface area (Å²) in [5.74, 6) is 0.550. The summed E-state index contributed by atoms with van der Waals surface area (Å²) in [6.45, 7) is 2.29. The Labute approximate surface area is 111 Å². The van der Waals surface area contributed by atoms with Crippen molar-refractivity contribution in [3.63, 3.8) is 0 Å². The maximum absolute atomic E-state index is 11.7. The number of nitrogens with one attached hydrogen (secondary N) is 2. The second kappa shape index (κ2) is 7.08. The molecule has 100 valence electrons. The summed E-state index contributed by atoms with van der Waals surface area (Å²) in [6.07, 6.45) is 0. The van der Waals surface area contributed by atoms with E-state index in [9.17, 15) is 4.79 Å². The van der Waals surface area contributed by atoms with Crippen molar-refractivity contribution in [1.29, 1.82) is 0 Å². The van der Waals surface area contributed by atoms with Crippen LogP contribution in [0.25, 0.3) is 0 Å². The number of ether oxygens (including phenoxy) is 2. The van der Waals surface area contributed by atoms with Crippen LogP contribution in [0.1, 0.15) is 6.92 Å². The van der Waals surface area contributed by atoms with Crippen LogP contribution in [0.2, 0.25) is 5.02 Å². The topological polar surface area (TPSA) is 59.6 Å². The van der Waals surface area contributed by atoms with E-state index in [0.717, 1.165) is 0 Å². The lowest BCUT2D eigenvalue weighted by molar-refractivity contribution is 0.173. The van der Waals surface area contributed by atoms with Crippen molar-refractivity contribution in [1.82, 2.24) is 5.32 Å². The van der Waals surface area contributed by atoms with Crippen LogP contribution in [-0.4, -0.2) is 32.9 Å². The smallest absolute Gasteiger partial charge is 0.319 e. The monoisotopic (exact) mass is 272 g/mol. The average molecular weight is 273 g/mol. The Kier molecular flexibility index (Phi) is 5.74. The Morgan fingerprint density at radius 2 is 2.17 bits per heavy atom. The Bertz CT molecular complexity index is 412. The lowest BCUT2D eigenvalue weighted by atomic mass is 10.3. The molecule has 0 unspecified atom stereocenters. The van der Waals surface area contributed by atoms with Crippen molar-refractivity contribution in [2.24, 2.45) is 0 Å². The van der Waals surface area contributed by atoms with E-state index >= 15 is 0 Å². The number of anilines is 1. The summed E-state index contributed by atoms with van der Waals surface area (Å²) in [5.41, 5.74) is 0.520. The molecule has 0 aromatic heterocycles. The molecule has 1 rings (SSSR count). The van der Waals surface area contributed by atoms with Gasteiger partial charge in [0.25, 0.3) is 0 Å². The van der Waals surface area contributed by atoms with Crippen molar-refractivity contribution in [2.75, 3.05) is 26.1 Å². The van der Waals surface area contributed by atoms with Crippen molar-refractivity contribution < 1.29 is 14.3 Å². The molecule has 0 radical (unpaired) electrons. The number of halogens is 1. The molecule has 18 heavy (non-hydrogen) atoms. The number of methoxy groups -OCH3 is 2. The zero-order chi connectivity index (χ0) is 13.5. The maximum atomic E-state index is 11.7. The van der Waals surface area contributed by atoms with Crippen LogP contribution < -0.4 is 15.4 Å². The lowest BCUT2D eigenvalue weighted by Crippen LogP contribution is -2.38. The van der Waals surface area contributed by atoms with E-state index in [1.54, 1.807) is 25.3 Å². The number of amides is 2. The molecule has 0 aliphatic rings. The molecular weight excluding hydrogens is 256 g/mol. The van der Waals surface area contributed by atoms with Gasteiger partial charge in [-0.15, -0.1) is 0 Å². The van der Waals surface area contributed by atoms with E-state index in [1.807, 2.05) is 6.92 Å². The van der Waals surface area contributed by atoms with Gasteiger partial charge in [-0.05, 0) is 25.1 Å². The van der Waals surface area contributed by atoms with E-state index in [-0.39, 0.29) is 12.1 Å². The van der Waals surface area contributed by atoms with Gasteiger partial charge in [-0.3, -0.25) is 0 Å². The summed E-state index contributed by atoms with van der Waals surface area (Å²) >= 11 is 5.87. The van der Waals surface area contributed by atoms with E-state index in [2.05, 4.69) is 10.6 Å². The van der Waals surface area contributed by atoms with Crippen LogP contribution in [0.4, 0.5) is 10.5 Å². The third-order valence-corrected chi connectivity index (χ3v) is 2.44. The van der Waals surface area contributed by atoms with Gasteiger partial charge in [-0.1, -0.05) is 11.6 Å². The quantitative estimate of drug-likeness (QED) is 0.866. The summed E-state index contributed by atoms with van der Waals surface area (Å²) in [6, 6.07) is 4.59. The van der Waals surface area contributed by atoms with Gasteiger partial charge >= 0.3 is 6.03 Å². The van der Waals surface area contributed by atoms with E-state index < -0.39 is 0 Å². The highest BCUT2D eigenvalue weighted by Crippen LogP contribution is 2.27. The van der Waals surface area contributed by atoms with Crippen molar-refractivity contribution in [3.05, 3.63) is 23.2 Å². The first-order valence-corrected chi connectivity index (χ1v) is 5.84. The third kappa shape index (κ3) is 4.43. The molecule has 0 aliphatic carbocycles. The number of urea groups is 1. The zero-order valence-electron chi connectivity index (χ0n) is 10.6. The van der Waals surface area contributed by atoms with Crippen LogP contribution in [0.15, 0.2) is 18.2 Å². The maximum Gasteiger partial charge on any atom is 0.319 e. The Hall–Kier alpha value is -1.46. The fourth-order valence-corrected chi connectivity index (χ4v) is 1.62. The second-order valence-corrected chi connectivity index (χ2v) is 4.24. The van der Waals surface area contributed by atoms with Gasteiger partial charge in [0.05, 0.1) is 25.4 Å². The van der Waals surface area contributed by atoms with Crippen molar-refractivity contribution in [2.45, 2.75) is 13.0 Å². The van der Waals surface area contributed by atoms with Gasteiger partial charge in [0.2, 0.25) is 0 Å². The third-order valence-electron chi connectivity index (χ3n) is 2.20. The minimum atomic E-state index is -0.333. The highest BCUT2D eigenvalue weighted by atomic mass is 35.5. The van der Waals surface area contributed by atoms with Crippen molar-refractivity contribution >= 4 is 23.3 Å². The minimum Gasteiger partial charge on any atom is -0.495 e. The van der Waals surface area contributed by atoms with E-state index in [0.29, 0.717) is 23.1 Å². The average Bonchev–Trinajstić information content (AvgIpc) is 2.29. The van der Waals surface area contributed by atoms with E-state index in [1.165, 1.54) is 7.11 Å². The van der Waals surface area contributed by atoms with Gasteiger partial charge in [-0.25, -0.2) is 4.79 Å². The highest BCUT2D eigenvalue weighted by molar-refractivity contribution is 6.31. The normalized spacial score (nSPS) is 11.8. The fourth-order valence-electron chi connectivity index (χ4n) is 1.45. The van der Waals surface area contributed by atoms with Crippen LogP contribution in [0.3, 0.4) is 0 Å². The van der Waals surface area contributed by atoms with Gasteiger partial charge < -0.3 is 20.1 Å². The van der Waals surface area contributed by atoms with Gasteiger partial charge in [0, 0.05) is 12.1 Å². The molecule has 1 aromatic carbocycles. The molecule has 5 nitrogen and oxygen atoms in total. The molecule has 0 fully saturated rings. The van der Waals surface area contributed by atoms with Crippen LogP contribution >= 0.6 is 11.6 Å². The fraction of sp³-hybridized carbons (Fsp3) is 0.417. The van der Waals surface area contributed by atoms with Gasteiger partial charge in [0.1, 0.15) is 5.75 Å². The van der Waals surface area contributed by atoms with E-state index in [4.69, 9.17) is 21.1 Å². The van der Waals surface area contributed by atoms with Crippen LogP contribution in [0, 0.1) is 0 Å². The Morgan fingerprint density at radius 1 is 1.44 bits per heavy atom. The van der Waals surface area contributed by atoms with Crippen LogP contribution in [-0.2, 0) is 4.74 Å². The Morgan fingerprint density at radius 3 is 2.78 bits per heavy atom. The molecule has 1 aromatic rings. The highest BCUT2D eigenvalue weighted by Gasteiger charge is 2.10. The molecule has 0 spiro atoms. The number of carbonyl (C=O) groups is 1. The van der Waals surface area contributed by atoms with Crippen molar-refractivity contribution in [3.8, 4) is 5.75 Å². The minimum absolute atomic E-state index is 0.0832. The Balaban J connectivity index is 2.66. The first-order valence-electron chi connectivity index (χ1n) is 5.46. The molecule has 0 bridgehead atoms. The number of rotatable bonds is 5.